The number of halogens is 1. The molecule has 0 aliphatic heterocycles. The van der Waals surface area contributed by atoms with Crippen LogP contribution in [0.4, 0.5) is 0 Å². The van der Waals surface area contributed by atoms with Crippen LogP contribution in [-0.4, -0.2) is 14.8 Å². The Morgan fingerprint density at radius 2 is 1.89 bits per heavy atom. The molecule has 0 spiro atoms. The van der Waals surface area contributed by atoms with Crippen molar-refractivity contribution in [1.29, 1.82) is 0 Å². The number of hydrogen-bond acceptors (Lipinski definition) is 2. The quantitative estimate of drug-likeness (QED) is 0.649. The number of rotatable bonds is 3. The monoisotopic (exact) mass is 383 g/mol. The second-order valence-corrected chi connectivity index (χ2v) is 8.44. The molecule has 2 aromatic heterocycles. The molecule has 0 atom stereocenters. The number of benzene rings is 1. The number of aryl methyl sites for hydroxylation is 3. The summed E-state index contributed by atoms with van der Waals surface area (Å²) in [5, 5.41) is 5.00. The highest BCUT2D eigenvalue weighted by molar-refractivity contribution is 6.31. The molecule has 142 valence electrons. The molecular formula is C22H26ClN3O. The van der Waals surface area contributed by atoms with Gasteiger partial charge in [0, 0.05) is 46.3 Å². The van der Waals surface area contributed by atoms with Crippen molar-refractivity contribution in [2.75, 3.05) is 0 Å². The Morgan fingerprint density at radius 1 is 1.19 bits per heavy atom. The Labute approximate surface area is 165 Å². The van der Waals surface area contributed by atoms with E-state index in [1.165, 1.54) is 0 Å². The van der Waals surface area contributed by atoms with Gasteiger partial charge in [-0.05, 0) is 43.4 Å². The number of nitrogens with zero attached hydrogens (tertiary/aromatic N) is 2. The minimum absolute atomic E-state index is 0.0210. The highest BCUT2D eigenvalue weighted by atomic mass is 35.5. The molecule has 0 aliphatic carbocycles. The van der Waals surface area contributed by atoms with Crippen LogP contribution >= 0.6 is 11.6 Å². The highest BCUT2D eigenvalue weighted by Gasteiger charge is 2.20. The van der Waals surface area contributed by atoms with E-state index >= 15 is 0 Å². The molecule has 5 heteroatoms. The van der Waals surface area contributed by atoms with Gasteiger partial charge in [-0.15, -0.1) is 0 Å². The summed E-state index contributed by atoms with van der Waals surface area (Å²) in [5.74, 6) is 0. The molecule has 3 rings (SSSR count). The zero-order valence-electron chi connectivity index (χ0n) is 16.8. The first-order valence-electron chi connectivity index (χ1n) is 9.19. The smallest absolute Gasteiger partial charge is 0.190 e. The molecule has 0 radical (unpaired) electrons. The molecule has 0 amide bonds. The zero-order valence-corrected chi connectivity index (χ0v) is 17.5. The van der Waals surface area contributed by atoms with Crippen LogP contribution in [0.1, 0.15) is 44.5 Å². The van der Waals surface area contributed by atoms with Crippen LogP contribution < -0.4 is 5.43 Å². The third kappa shape index (κ3) is 3.72. The fourth-order valence-corrected chi connectivity index (χ4v) is 3.85. The summed E-state index contributed by atoms with van der Waals surface area (Å²) in [6.45, 7) is 13.2. The molecular weight excluding hydrogens is 358 g/mol. The van der Waals surface area contributed by atoms with Gasteiger partial charge in [0.15, 0.2) is 5.43 Å². The fraction of sp³-hybridized carbons (Fsp3) is 0.364. The maximum atomic E-state index is 12.9. The third-order valence-electron chi connectivity index (χ3n) is 4.88. The normalized spacial score (nSPS) is 11.8. The van der Waals surface area contributed by atoms with Gasteiger partial charge >= 0.3 is 0 Å². The molecule has 0 fully saturated rings. The van der Waals surface area contributed by atoms with Gasteiger partial charge in [-0.3, -0.25) is 9.48 Å². The molecule has 3 aromatic rings. The molecule has 0 saturated carbocycles. The Balaban J connectivity index is 2.12. The predicted molar refractivity (Wildman–Crippen MR) is 113 cm³/mol. The molecule has 1 N–H and O–H groups in total. The standard InChI is InChI=1S/C22H26ClN3O/c1-7-26-12-15(11-24-26)21-14(3)25-19(10-20(21)27)16-9-18(23)17(8-13(16)2)22(4,5)6/h8-12H,7H2,1-6H3,(H,25,27). The van der Waals surface area contributed by atoms with Gasteiger partial charge in [0.2, 0.25) is 0 Å². The second-order valence-electron chi connectivity index (χ2n) is 8.03. The van der Waals surface area contributed by atoms with E-state index in [9.17, 15) is 4.79 Å². The number of H-pyrrole nitrogens is 1. The minimum Gasteiger partial charge on any atom is -0.358 e. The zero-order chi connectivity index (χ0) is 19.9. The van der Waals surface area contributed by atoms with Crippen molar-refractivity contribution in [3.05, 3.63) is 62.7 Å². The summed E-state index contributed by atoms with van der Waals surface area (Å²) >= 11 is 6.56. The van der Waals surface area contributed by atoms with E-state index in [1.54, 1.807) is 12.3 Å². The maximum absolute atomic E-state index is 12.9. The van der Waals surface area contributed by atoms with E-state index in [2.05, 4.69) is 36.9 Å². The summed E-state index contributed by atoms with van der Waals surface area (Å²) in [5.41, 5.74) is 6.18. The third-order valence-corrected chi connectivity index (χ3v) is 5.19. The van der Waals surface area contributed by atoms with Gasteiger partial charge in [-0.1, -0.05) is 38.4 Å². The summed E-state index contributed by atoms with van der Waals surface area (Å²) in [4.78, 5) is 16.3. The lowest BCUT2D eigenvalue weighted by Gasteiger charge is -2.22. The number of pyridine rings is 1. The average molecular weight is 384 g/mol. The maximum Gasteiger partial charge on any atom is 0.190 e. The topological polar surface area (TPSA) is 50.7 Å². The van der Waals surface area contributed by atoms with Gasteiger partial charge in [-0.25, -0.2) is 0 Å². The number of aromatic nitrogens is 3. The number of aromatic amines is 1. The first kappa shape index (κ1) is 19.4. The molecule has 4 nitrogen and oxygen atoms in total. The van der Waals surface area contributed by atoms with Gasteiger partial charge in [0.1, 0.15) is 0 Å². The molecule has 0 bridgehead atoms. The number of nitrogens with one attached hydrogen (secondary N) is 1. The summed E-state index contributed by atoms with van der Waals surface area (Å²) in [7, 11) is 0. The Hall–Kier alpha value is -2.33. The molecule has 0 saturated heterocycles. The van der Waals surface area contributed by atoms with Crippen LogP contribution in [-0.2, 0) is 12.0 Å². The van der Waals surface area contributed by atoms with E-state index in [1.807, 2.05) is 37.7 Å². The Morgan fingerprint density at radius 3 is 2.44 bits per heavy atom. The molecule has 27 heavy (non-hydrogen) atoms. The number of hydrogen-bond donors (Lipinski definition) is 1. The predicted octanol–water partition coefficient (Wildman–Crippen LogP) is 5.49. The first-order chi connectivity index (χ1) is 12.6. The van der Waals surface area contributed by atoms with E-state index in [0.717, 1.165) is 45.2 Å². The van der Waals surface area contributed by atoms with E-state index in [4.69, 9.17) is 11.6 Å². The average Bonchev–Trinajstić information content (AvgIpc) is 3.03. The minimum atomic E-state index is -0.0347. The van der Waals surface area contributed by atoms with Crippen LogP contribution in [0, 0.1) is 13.8 Å². The molecule has 2 heterocycles. The Bertz CT molecular complexity index is 1050. The largest absolute Gasteiger partial charge is 0.358 e. The van der Waals surface area contributed by atoms with Crippen LogP contribution in [0.5, 0.6) is 0 Å². The first-order valence-corrected chi connectivity index (χ1v) is 9.57. The summed E-state index contributed by atoms with van der Waals surface area (Å²) in [6, 6.07) is 5.72. The van der Waals surface area contributed by atoms with Gasteiger partial charge in [0.25, 0.3) is 0 Å². The van der Waals surface area contributed by atoms with Crippen molar-refractivity contribution in [2.24, 2.45) is 0 Å². The van der Waals surface area contributed by atoms with Crippen molar-refractivity contribution >= 4 is 11.6 Å². The lowest BCUT2D eigenvalue weighted by Crippen LogP contribution is -2.13. The van der Waals surface area contributed by atoms with Crippen LogP contribution in [0.3, 0.4) is 0 Å². The van der Waals surface area contributed by atoms with Gasteiger partial charge < -0.3 is 4.98 Å². The second kappa shape index (κ2) is 7.01. The van der Waals surface area contributed by atoms with E-state index in [-0.39, 0.29) is 10.8 Å². The SMILES string of the molecule is CCn1cc(-c2c(C)[nH]c(-c3cc(Cl)c(C(C)(C)C)cc3C)cc2=O)cn1. The summed E-state index contributed by atoms with van der Waals surface area (Å²) < 4.78 is 1.82. The molecule has 0 aliphatic rings. The van der Waals surface area contributed by atoms with Gasteiger partial charge in [-0.2, -0.15) is 5.10 Å². The van der Waals surface area contributed by atoms with E-state index < -0.39 is 0 Å². The highest BCUT2D eigenvalue weighted by Crippen LogP contribution is 2.35. The van der Waals surface area contributed by atoms with Crippen molar-refractivity contribution in [2.45, 2.75) is 53.5 Å². The summed E-state index contributed by atoms with van der Waals surface area (Å²) in [6.07, 6.45) is 3.64. The van der Waals surface area contributed by atoms with Crippen LogP contribution in [0.25, 0.3) is 22.4 Å². The molecule has 0 unspecified atom stereocenters. The van der Waals surface area contributed by atoms with Gasteiger partial charge in [0.05, 0.1) is 11.8 Å². The van der Waals surface area contributed by atoms with Crippen molar-refractivity contribution in [1.82, 2.24) is 14.8 Å². The fourth-order valence-electron chi connectivity index (χ4n) is 3.40. The van der Waals surface area contributed by atoms with Crippen LogP contribution in [0.2, 0.25) is 5.02 Å². The van der Waals surface area contributed by atoms with E-state index in [0.29, 0.717) is 5.56 Å². The van der Waals surface area contributed by atoms with Crippen LogP contribution in [0.15, 0.2) is 35.4 Å². The Kier molecular flexibility index (Phi) is 5.04. The molecule has 1 aromatic carbocycles. The van der Waals surface area contributed by atoms with Crippen molar-refractivity contribution < 1.29 is 0 Å². The van der Waals surface area contributed by atoms with Crippen molar-refractivity contribution in [3.8, 4) is 22.4 Å². The van der Waals surface area contributed by atoms with Crippen molar-refractivity contribution in [3.63, 3.8) is 0 Å². The lowest BCUT2D eigenvalue weighted by atomic mass is 9.85. The lowest BCUT2D eigenvalue weighted by molar-refractivity contribution is 0.590.